The fraction of sp³-hybridized carbons (Fsp3) is 0.107. The van der Waals surface area contributed by atoms with Crippen LogP contribution in [0.4, 0.5) is 0 Å². The maximum atomic E-state index is 10.4. The van der Waals surface area contributed by atoms with Crippen LogP contribution in [0.15, 0.2) is 126 Å². The molecule has 0 aliphatic rings. The molecule has 4 N–H and O–H groups in total. The SMILES string of the molecule is O=C(O)c1ccccc1.O=S(=O)(O)c1ccccc1.OC(CC(O)c1ccccc1)c1ccccc1. The Balaban J connectivity index is 0.000000205. The number of hydrogen-bond donors (Lipinski definition) is 4. The molecule has 0 aliphatic carbocycles. The van der Waals surface area contributed by atoms with E-state index in [-0.39, 0.29) is 4.90 Å². The van der Waals surface area contributed by atoms with Crippen molar-refractivity contribution in [1.29, 1.82) is 0 Å². The summed E-state index contributed by atoms with van der Waals surface area (Å²) >= 11 is 0. The molecular weight excluding hydrogens is 480 g/mol. The van der Waals surface area contributed by atoms with Crippen LogP contribution in [0.1, 0.15) is 40.1 Å². The van der Waals surface area contributed by atoms with Crippen LogP contribution < -0.4 is 0 Å². The zero-order chi connectivity index (χ0) is 26.4. The molecule has 36 heavy (non-hydrogen) atoms. The number of aliphatic hydroxyl groups is 2. The van der Waals surface area contributed by atoms with E-state index in [0.29, 0.717) is 12.0 Å². The highest BCUT2D eigenvalue weighted by atomic mass is 32.2. The summed E-state index contributed by atoms with van der Waals surface area (Å²) in [7, 11) is -4.00. The van der Waals surface area contributed by atoms with Gasteiger partial charge in [0.25, 0.3) is 10.1 Å². The molecule has 8 heteroatoms. The summed E-state index contributed by atoms with van der Waals surface area (Å²) < 4.78 is 29.2. The molecular formula is C28H28O7S. The maximum Gasteiger partial charge on any atom is 0.335 e. The van der Waals surface area contributed by atoms with Gasteiger partial charge in [-0.2, -0.15) is 8.42 Å². The predicted molar refractivity (Wildman–Crippen MR) is 137 cm³/mol. The summed E-state index contributed by atoms with van der Waals surface area (Å²) in [5.41, 5.74) is 2.00. The highest BCUT2D eigenvalue weighted by Gasteiger charge is 2.14. The van der Waals surface area contributed by atoms with Crippen LogP contribution in [-0.4, -0.2) is 34.3 Å². The third kappa shape index (κ3) is 10.2. The molecule has 188 valence electrons. The second kappa shape index (κ2) is 14.6. The number of rotatable bonds is 6. The van der Waals surface area contributed by atoms with Crippen LogP contribution >= 0.6 is 0 Å². The summed E-state index contributed by atoms with van der Waals surface area (Å²) in [6.07, 6.45) is -0.952. The molecule has 7 nitrogen and oxygen atoms in total. The third-order valence-corrected chi connectivity index (χ3v) is 5.74. The van der Waals surface area contributed by atoms with E-state index in [2.05, 4.69) is 0 Å². The maximum absolute atomic E-state index is 10.4. The molecule has 4 aromatic carbocycles. The molecule has 0 aliphatic heterocycles. The van der Waals surface area contributed by atoms with E-state index in [0.717, 1.165) is 11.1 Å². The number of carboxylic acid groups (broad SMARTS) is 1. The Kier molecular flexibility index (Phi) is 11.5. The lowest BCUT2D eigenvalue weighted by atomic mass is 9.99. The Bertz CT molecular complexity index is 1220. The number of aliphatic hydroxyl groups excluding tert-OH is 2. The lowest BCUT2D eigenvalue weighted by Crippen LogP contribution is -2.05. The molecule has 0 heterocycles. The van der Waals surface area contributed by atoms with Gasteiger partial charge < -0.3 is 15.3 Å². The first-order valence-corrected chi connectivity index (χ1v) is 12.4. The highest BCUT2D eigenvalue weighted by molar-refractivity contribution is 7.85. The van der Waals surface area contributed by atoms with Gasteiger partial charge in [-0.25, -0.2) is 4.79 Å². The van der Waals surface area contributed by atoms with E-state index in [4.69, 9.17) is 9.66 Å². The van der Waals surface area contributed by atoms with Gasteiger partial charge >= 0.3 is 5.97 Å². The molecule has 0 fully saturated rings. The number of carboxylic acids is 1. The largest absolute Gasteiger partial charge is 0.478 e. The Morgan fingerprint density at radius 2 is 0.944 bits per heavy atom. The molecule has 0 saturated carbocycles. The zero-order valence-corrected chi connectivity index (χ0v) is 20.1. The van der Waals surface area contributed by atoms with Crippen molar-refractivity contribution in [2.24, 2.45) is 0 Å². The molecule has 0 spiro atoms. The number of aromatic carboxylic acids is 1. The van der Waals surface area contributed by atoms with Crippen molar-refractivity contribution in [3.8, 4) is 0 Å². The molecule has 4 aromatic rings. The molecule has 0 bridgehead atoms. The molecule has 2 unspecified atom stereocenters. The number of benzene rings is 4. The van der Waals surface area contributed by atoms with E-state index >= 15 is 0 Å². The summed E-state index contributed by atoms with van der Waals surface area (Å²) in [5.74, 6) is -0.879. The standard InChI is InChI=1S/C15H16O2.C7H6O2.C6H6O3S/c16-14(12-7-3-1-4-8-12)11-15(17)13-9-5-2-6-10-13;8-7(9)6-4-2-1-3-5-6;7-10(8,9)6-4-2-1-3-5-6/h1-10,14-17H,11H2;1-5H,(H,8,9);1-5H,(H,7,8,9). The Morgan fingerprint density at radius 1 is 0.611 bits per heavy atom. The van der Waals surface area contributed by atoms with Gasteiger partial charge in [0.15, 0.2) is 0 Å². The average Bonchev–Trinajstić information content (AvgIpc) is 2.91. The van der Waals surface area contributed by atoms with Gasteiger partial charge in [-0.15, -0.1) is 0 Å². The fourth-order valence-electron chi connectivity index (χ4n) is 3.01. The predicted octanol–water partition coefficient (Wildman–Crippen LogP) is 5.16. The molecule has 2 atom stereocenters. The van der Waals surface area contributed by atoms with Crippen LogP contribution in [0.25, 0.3) is 0 Å². The smallest absolute Gasteiger partial charge is 0.335 e. The van der Waals surface area contributed by atoms with Gasteiger partial charge in [-0.1, -0.05) is 97.1 Å². The Labute approximate surface area is 210 Å². The van der Waals surface area contributed by atoms with Gasteiger partial charge in [-0.3, -0.25) is 4.55 Å². The van der Waals surface area contributed by atoms with Crippen molar-refractivity contribution in [2.45, 2.75) is 23.5 Å². The summed E-state index contributed by atoms with van der Waals surface area (Å²) in [4.78, 5) is 10.1. The molecule has 0 radical (unpaired) electrons. The monoisotopic (exact) mass is 508 g/mol. The number of carbonyl (C=O) groups is 1. The second-order valence-corrected chi connectivity index (χ2v) is 8.97. The van der Waals surface area contributed by atoms with Crippen molar-refractivity contribution in [1.82, 2.24) is 0 Å². The average molecular weight is 509 g/mol. The molecule has 0 saturated heterocycles. The van der Waals surface area contributed by atoms with Crippen molar-refractivity contribution in [3.05, 3.63) is 138 Å². The quantitative estimate of drug-likeness (QED) is 0.264. The van der Waals surface area contributed by atoms with Gasteiger partial charge in [0.2, 0.25) is 0 Å². The minimum atomic E-state index is -4.00. The van der Waals surface area contributed by atoms with Gasteiger partial charge in [0, 0.05) is 6.42 Å². The Hall–Kier alpha value is -3.82. The van der Waals surface area contributed by atoms with E-state index in [1.807, 2.05) is 60.7 Å². The summed E-state index contributed by atoms with van der Waals surface area (Å²) in [5, 5.41) is 28.4. The lowest BCUT2D eigenvalue weighted by molar-refractivity contribution is 0.0696. The molecule has 0 aromatic heterocycles. The first-order chi connectivity index (χ1) is 17.2. The van der Waals surface area contributed by atoms with E-state index in [1.54, 1.807) is 48.5 Å². The van der Waals surface area contributed by atoms with Crippen LogP contribution in [0.2, 0.25) is 0 Å². The van der Waals surface area contributed by atoms with Crippen molar-refractivity contribution in [2.75, 3.05) is 0 Å². The van der Waals surface area contributed by atoms with Gasteiger partial charge in [0.1, 0.15) is 0 Å². The fourth-order valence-corrected chi connectivity index (χ4v) is 3.51. The van der Waals surface area contributed by atoms with Crippen molar-refractivity contribution in [3.63, 3.8) is 0 Å². The lowest BCUT2D eigenvalue weighted by Gasteiger charge is -2.16. The minimum absolute atomic E-state index is 0.0741. The van der Waals surface area contributed by atoms with E-state index < -0.39 is 28.3 Å². The first-order valence-electron chi connectivity index (χ1n) is 11.0. The first kappa shape index (κ1) is 28.4. The van der Waals surface area contributed by atoms with Gasteiger partial charge in [0.05, 0.1) is 22.7 Å². The van der Waals surface area contributed by atoms with Crippen molar-refractivity contribution < 1.29 is 33.1 Å². The van der Waals surface area contributed by atoms with Crippen molar-refractivity contribution >= 4 is 16.1 Å². The van der Waals surface area contributed by atoms with Crippen LogP contribution in [-0.2, 0) is 10.1 Å². The summed E-state index contributed by atoms with van der Waals surface area (Å²) in [6, 6.07) is 34.5. The zero-order valence-electron chi connectivity index (χ0n) is 19.3. The highest BCUT2D eigenvalue weighted by Crippen LogP contribution is 2.25. The van der Waals surface area contributed by atoms with Crippen LogP contribution in [0, 0.1) is 0 Å². The van der Waals surface area contributed by atoms with E-state index in [9.17, 15) is 23.4 Å². The van der Waals surface area contributed by atoms with E-state index in [1.165, 1.54) is 12.1 Å². The minimum Gasteiger partial charge on any atom is -0.478 e. The van der Waals surface area contributed by atoms with Gasteiger partial charge in [-0.05, 0) is 35.4 Å². The Morgan fingerprint density at radius 3 is 1.22 bits per heavy atom. The molecule has 4 rings (SSSR count). The summed E-state index contributed by atoms with van der Waals surface area (Å²) in [6.45, 7) is 0. The third-order valence-electron chi connectivity index (χ3n) is 4.88. The molecule has 0 amide bonds. The van der Waals surface area contributed by atoms with Crippen LogP contribution in [0.3, 0.4) is 0 Å². The van der Waals surface area contributed by atoms with Crippen LogP contribution in [0.5, 0.6) is 0 Å². The normalized spacial score (nSPS) is 12.1. The second-order valence-electron chi connectivity index (χ2n) is 7.55. The topological polar surface area (TPSA) is 132 Å². The number of hydrogen-bond acceptors (Lipinski definition) is 5.